The van der Waals surface area contributed by atoms with Crippen molar-refractivity contribution in [2.45, 2.75) is 52.4 Å². The first-order valence-corrected chi connectivity index (χ1v) is 6.90. The summed E-state index contributed by atoms with van der Waals surface area (Å²) >= 11 is 0. The van der Waals surface area contributed by atoms with Crippen LogP contribution in [0.25, 0.3) is 0 Å². The van der Waals surface area contributed by atoms with Gasteiger partial charge in [-0.15, -0.1) is 0 Å². The molecule has 2 unspecified atom stereocenters. The lowest BCUT2D eigenvalue weighted by molar-refractivity contribution is -0.120. The maximum absolute atomic E-state index is 12.0. The van der Waals surface area contributed by atoms with Crippen LogP contribution in [0.3, 0.4) is 0 Å². The van der Waals surface area contributed by atoms with Crippen LogP contribution in [0.2, 0.25) is 0 Å². The summed E-state index contributed by atoms with van der Waals surface area (Å²) in [4.78, 5) is 12.0. The summed E-state index contributed by atoms with van der Waals surface area (Å²) in [6, 6.07) is 7.83. The summed E-state index contributed by atoms with van der Waals surface area (Å²) in [5, 5.41) is 0. The maximum Gasteiger partial charge on any atom is 0.133 e. The molecule has 0 spiro atoms. The topological polar surface area (TPSA) is 43.1 Å². The third kappa shape index (κ3) is 4.91. The molecule has 0 saturated carbocycles. The van der Waals surface area contributed by atoms with Gasteiger partial charge < -0.3 is 5.73 Å². The Hall–Kier alpha value is -1.31. The van der Waals surface area contributed by atoms with Gasteiger partial charge in [0.15, 0.2) is 0 Å². The lowest BCUT2D eigenvalue weighted by Gasteiger charge is -2.13. The first-order valence-electron chi connectivity index (χ1n) is 6.90. The number of ketones is 1. The Morgan fingerprint density at radius 3 is 2.33 bits per heavy atom. The van der Waals surface area contributed by atoms with Crippen LogP contribution in [0.4, 0.5) is 5.69 Å². The van der Waals surface area contributed by atoms with Crippen molar-refractivity contribution in [2.75, 3.05) is 5.73 Å². The van der Waals surface area contributed by atoms with E-state index in [9.17, 15) is 4.79 Å². The van der Waals surface area contributed by atoms with Gasteiger partial charge in [0.25, 0.3) is 0 Å². The first-order chi connectivity index (χ1) is 8.52. The van der Waals surface area contributed by atoms with Gasteiger partial charge in [-0.3, -0.25) is 4.79 Å². The number of carbonyl (C=O) groups is 1. The van der Waals surface area contributed by atoms with Gasteiger partial charge in [0, 0.05) is 18.5 Å². The van der Waals surface area contributed by atoms with Crippen molar-refractivity contribution in [3.05, 3.63) is 29.8 Å². The number of nitrogen functional groups attached to an aromatic ring is 1. The van der Waals surface area contributed by atoms with Crippen LogP contribution in [-0.2, 0) is 4.79 Å². The highest BCUT2D eigenvalue weighted by Gasteiger charge is 2.13. The fourth-order valence-corrected chi connectivity index (χ4v) is 2.35. The second-order valence-electron chi connectivity index (χ2n) is 5.41. The molecule has 1 aromatic carbocycles. The zero-order valence-corrected chi connectivity index (χ0v) is 11.8. The molecule has 2 N–H and O–H groups in total. The molecule has 2 heteroatoms. The zero-order valence-electron chi connectivity index (χ0n) is 11.8. The minimum Gasteiger partial charge on any atom is -0.399 e. The van der Waals surface area contributed by atoms with E-state index in [-0.39, 0.29) is 5.92 Å². The predicted molar refractivity (Wildman–Crippen MR) is 77.6 cm³/mol. The highest BCUT2D eigenvalue weighted by Crippen LogP contribution is 2.22. The van der Waals surface area contributed by atoms with Gasteiger partial charge in [-0.05, 0) is 29.5 Å². The van der Waals surface area contributed by atoms with E-state index in [0.29, 0.717) is 24.5 Å². The SMILES string of the molecule is CCCC(C)CC(=O)CC(C)c1ccc(N)cc1. The summed E-state index contributed by atoms with van der Waals surface area (Å²) in [6.07, 6.45) is 3.65. The number of rotatable bonds is 7. The van der Waals surface area contributed by atoms with Crippen LogP contribution in [-0.4, -0.2) is 5.78 Å². The zero-order chi connectivity index (χ0) is 13.5. The minimum absolute atomic E-state index is 0.284. The van der Waals surface area contributed by atoms with Gasteiger partial charge in [-0.1, -0.05) is 45.7 Å². The summed E-state index contributed by atoms with van der Waals surface area (Å²) in [6.45, 7) is 6.43. The number of nitrogens with two attached hydrogens (primary N) is 1. The summed E-state index contributed by atoms with van der Waals surface area (Å²) < 4.78 is 0. The monoisotopic (exact) mass is 247 g/mol. The summed E-state index contributed by atoms with van der Waals surface area (Å²) in [7, 11) is 0. The Morgan fingerprint density at radius 1 is 1.17 bits per heavy atom. The maximum atomic E-state index is 12.0. The van der Waals surface area contributed by atoms with Crippen LogP contribution >= 0.6 is 0 Å². The van der Waals surface area contributed by atoms with E-state index in [1.807, 2.05) is 24.3 Å². The molecule has 0 amide bonds. The van der Waals surface area contributed by atoms with Crippen molar-refractivity contribution in [3.63, 3.8) is 0 Å². The van der Waals surface area contributed by atoms with Gasteiger partial charge in [0.2, 0.25) is 0 Å². The van der Waals surface area contributed by atoms with Crippen molar-refractivity contribution in [1.29, 1.82) is 0 Å². The molecule has 100 valence electrons. The Bertz CT molecular complexity index is 369. The molecule has 0 aliphatic heterocycles. The number of hydrogen-bond acceptors (Lipinski definition) is 2. The average Bonchev–Trinajstić information content (AvgIpc) is 2.29. The molecule has 0 aliphatic carbocycles. The molecular formula is C16H25NO. The third-order valence-electron chi connectivity index (χ3n) is 3.40. The fraction of sp³-hybridized carbons (Fsp3) is 0.562. The largest absolute Gasteiger partial charge is 0.399 e. The fourth-order valence-electron chi connectivity index (χ4n) is 2.35. The molecule has 2 atom stereocenters. The Kier molecular flexibility index (Phi) is 5.90. The number of hydrogen-bond donors (Lipinski definition) is 1. The van der Waals surface area contributed by atoms with Crippen molar-refractivity contribution in [1.82, 2.24) is 0 Å². The van der Waals surface area contributed by atoms with E-state index in [4.69, 9.17) is 5.73 Å². The minimum atomic E-state index is 0.284. The average molecular weight is 247 g/mol. The normalized spacial score (nSPS) is 14.2. The van der Waals surface area contributed by atoms with Gasteiger partial charge in [0.05, 0.1) is 0 Å². The van der Waals surface area contributed by atoms with Crippen LogP contribution in [0.1, 0.15) is 57.9 Å². The van der Waals surface area contributed by atoms with E-state index >= 15 is 0 Å². The molecule has 0 bridgehead atoms. The van der Waals surface area contributed by atoms with Crippen molar-refractivity contribution >= 4 is 11.5 Å². The number of carbonyl (C=O) groups excluding carboxylic acids is 1. The Morgan fingerprint density at radius 2 is 1.78 bits per heavy atom. The number of benzene rings is 1. The Balaban J connectivity index is 2.46. The summed E-state index contributed by atoms with van der Waals surface area (Å²) in [5.74, 6) is 1.17. The molecule has 0 heterocycles. The summed E-state index contributed by atoms with van der Waals surface area (Å²) in [5.41, 5.74) is 7.63. The number of Topliss-reactive ketones (excluding diaryl/α,β-unsaturated/α-hetero) is 1. The van der Waals surface area contributed by atoms with E-state index < -0.39 is 0 Å². The second kappa shape index (κ2) is 7.20. The molecular weight excluding hydrogens is 222 g/mol. The second-order valence-corrected chi connectivity index (χ2v) is 5.41. The van der Waals surface area contributed by atoms with Crippen LogP contribution in [0.15, 0.2) is 24.3 Å². The van der Waals surface area contributed by atoms with E-state index in [1.54, 1.807) is 0 Å². The van der Waals surface area contributed by atoms with Crippen molar-refractivity contribution in [2.24, 2.45) is 5.92 Å². The molecule has 18 heavy (non-hydrogen) atoms. The van der Waals surface area contributed by atoms with Gasteiger partial charge in [-0.2, -0.15) is 0 Å². The Labute approximate surface area is 111 Å². The van der Waals surface area contributed by atoms with E-state index in [1.165, 1.54) is 5.56 Å². The highest BCUT2D eigenvalue weighted by molar-refractivity contribution is 5.79. The molecule has 0 aromatic heterocycles. The predicted octanol–water partition coefficient (Wildman–Crippen LogP) is 4.16. The van der Waals surface area contributed by atoms with E-state index in [0.717, 1.165) is 18.5 Å². The van der Waals surface area contributed by atoms with Gasteiger partial charge in [0.1, 0.15) is 5.78 Å². The van der Waals surface area contributed by atoms with Crippen molar-refractivity contribution < 1.29 is 4.79 Å². The lowest BCUT2D eigenvalue weighted by atomic mass is 9.91. The van der Waals surface area contributed by atoms with Gasteiger partial charge >= 0.3 is 0 Å². The molecule has 0 saturated heterocycles. The molecule has 1 aromatic rings. The smallest absolute Gasteiger partial charge is 0.133 e. The quantitative estimate of drug-likeness (QED) is 0.735. The number of anilines is 1. The van der Waals surface area contributed by atoms with Gasteiger partial charge in [-0.25, -0.2) is 0 Å². The van der Waals surface area contributed by atoms with Crippen LogP contribution in [0.5, 0.6) is 0 Å². The molecule has 0 fully saturated rings. The molecule has 1 rings (SSSR count). The molecule has 0 radical (unpaired) electrons. The lowest BCUT2D eigenvalue weighted by Crippen LogP contribution is -2.09. The third-order valence-corrected chi connectivity index (χ3v) is 3.40. The molecule has 0 aliphatic rings. The standard InChI is InChI=1S/C16H25NO/c1-4-5-12(2)10-16(18)11-13(3)14-6-8-15(17)9-7-14/h6-9,12-13H,4-5,10-11,17H2,1-3H3. The van der Waals surface area contributed by atoms with Crippen LogP contribution in [0, 0.1) is 5.92 Å². The highest BCUT2D eigenvalue weighted by atomic mass is 16.1. The van der Waals surface area contributed by atoms with E-state index in [2.05, 4.69) is 20.8 Å². The molecule has 2 nitrogen and oxygen atoms in total. The first kappa shape index (κ1) is 14.7. The van der Waals surface area contributed by atoms with Crippen molar-refractivity contribution in [3.8, 4) is 0 Å². The van der Waals surface area contributed by atoms with Crippen LogP contribution < -0.4 is 5.73 Å².